The molecule has 1 rings (SSSR count). The number of esters is 1. The van der Waals surface area contributed by atoms with Crippen LogP contribution in [0.3, 0.4) is 0 Å². The van der Waals surface area contributed by atoms with Crippen molar-refractivity contribution in [3.05, 3.63) is 32.9 Å². The number of carbonyl (C=O) groups excluding carboxylic acids is 1. The zero-order valence-corrected chi connectivity index (χ0v) is 9.47. The lowest BCUT2D eigenvalue weighted by molar-refractivity contribution is 0.0515. The number of halogens is 3. The summed E-state index contributed by atoms with van der Waals surface area (Å²) in [4.78, 5) is 11.1. The van der Waals surface area contributed by atoms with E-state index in [1.54, 1.807) is 29.5 Å². The highest BCUT2D eigenvalue weighted by molar-refractivity contribution is 14.1. The zero-order valence-electron chi connectivity index (χ0n) is 7.31. The van der Waals surface area contributed by atoms with E-state index in [4.69, 9.17) is 0 Å². The van der Waals surface area contributed by atoms with Crippen molar-refractivity contribution in [1.29, 1.82) is 0 Å². The Morgan fingerprint density at radius 1 is 1.50 bits per heavy atom. The van der Waals surface area contributed by atoms with Gasteiger partial charge in [0.25, 0.3) is 0 Å². The summed E-state index contributed by atoms with van der Waals surface area (Å²) < 4.78 is 31.1. The molecule has 0 fully saturated rings. The van der Waals surface area contributed by atoms with Crippen molar-refractivity contribution in [2.45, 2.75) is 6.92 Å². The minimum Gasteiger partial charge on any atom is -0.462 e. The Morgan fingerprint density at radius 2 is 2.14 bits per heavy atom. The fourth-order valence-corrected chi connectivity index (χ4v) is 1.37. The van der Waals surface area contributed by atoms with Crippen molar-refractivity contribution in [3.63, 3.8) is 0 Å². The van der Waals surface area contributed by atoms with Crippen LogP contribution in [0.15, 0.2) is 12.1 Å². The molecule has 0 unspecified atom stereocenters. The van der Waals surface area contributed by atoms with Crippen LogP contribution in [-0.2, 0) is 4.74 Å². The molecule has 0 atom stereocenters. The average Bonchev–Trinajstić information content (AvgIpc) is 2.13. The number of benzene rings is 1. The Hall–Kier alpha value is -0.720. The first-order valence-corrected chi connectivity index (χ1v) is 4.96. The Bertz CT molecular complexity index is 366. The lowest BCUT2D eigenvalue weighted by Gasteiger charge is -2.05. The molecule has 0 radical (unpaired) electrons. The van der Waals surface area contributed by atoms with Gasteiger partial charge in [-0.1, -0.05) is 0 Å². The van der Waals surface area contributed by atoms with E-state index in [2.05, 4.69) is 4.74 Å². The van der Waals surface area contributed by atoms with Gasteiger partial charge in [0.2, 0.25) is 0 Å². The smallest absolute Gasteiger partial charge is 0.344 e. The summed E-state index contributed by atoms with van der Waals surface area (Å²) in [5.41, 5.74) is -0.626. The predicted molar refractivity (Wildman–Crippen MR) is 55.0 cm³/mol. The quantitative estimate of drug-likeness (QED) is 0.477. The molecule has 0 aliphatic heterocycles. The molecule has 76 valence electrons. The first kappa shape index (κ1) is 11.4. The SMILES string of the molecule is CCOC(=O)c1c(F)ccc(I)c1F. The second-order valence-electron chi connectivity index (χ2n) is 2.44. The molecule has 0 heterocycles. The first-order chi connectivity index (χ1) is 6.57. The number of rotatable bonds is 2. The van der Waals surface area contributed by atoms with Gasteiger partial charge in [-0.25, -0.2) is 13.6 Å². The number of hydrogen-bond acceptors (Lipinski definition) is 2. The molecule has 0 aromatic heterocycles. The van der Waals surface area contributed by atoms with E-state index in [1.807, 2.05) is 0 Å². The van der Waals surface area contributed by atoms with Gasteiger partial charge in [-0.2, -0.15) is 0 Å². The third-order valence-corrected chi connectivity index (χ3v) is 2.36. The summed E-state index contributed by atoms with van der Waals surface area (Å²) >= 11 is 1.68. The van der Waals surface area contributed by atoms with Gasteiger partial charge in [0.1, 0.15) is 11.4 Å². The van der Waals surface area contributed by atoms with E-state index in [9.17, 15) is 13.6 Å². The lowest BCUT2D eigenvalue weighted by Crippen LogP contribution is -2.10. The van der Waals surface area contributed by atoms with Crippen LogP contribution in [0.5, 0.6) is 0 Å². The molecule has 0 spiro atoms. The molecule has 5 heteroatoms. The number of ether oxygens (including phenoxy) is 1. The fourth-order valence-electron chi connectivity index (χ4n) is 0.917. The molecule has 0 saturated heterocycles. The molecular weight excluding hydrogens is 305 g/mol. The van der Waals surface area contributed by atoms with Crippen molar-refractivity contribution in [2.24, 2.45) is 0 Å². The van der Waals surface area contributed by atoms with Crippen molar-refractivity contribution < 1.29 is 18.3 Å². The molecule has 2 nitrogen and oxygen atoms in total. The second kappa shape index (κ2) is 4.68. The largest absolute Gasteiger partial charge is 0.462 e. The van der Waals surface area contributed by atoms with Gasteiger partial charge in [0, 0.05) is 3.57 Å². The topological polar surface area (TPSA) is 26.3 Å². The molecule has 1 aromatic rings. The highest BCUT2D eigenvalue weighted by Crippen LogP contribution is 2.19. The first-order valence-electron chi connectivity index (χ1n) is 3.88. The van der Waals surface area contributed by atoms with Gasteiger partial charge in [-0.15, -0.1) is 0 Å². The molecule has 0 N–H and O–H groups in total. The molecule has 14 heavy (non-hydrogen) atoms. The maximum Gasteiger partial charge on any atom is 0.344 e. The van der Waals surface area contributed by atoms with E-state index < -0.39 is 23.2 Å². The molecule has 0 saturated carbocycles. The third-order valence-electron chi connectivity index (χ3n) is 1.52. The number of hydrogen-bond donors (Lipinski definition) is 0. The maximum absolute atomic E-state index is 13.3. The Kier molecular flexibility index (Phi) is 3.79. The van der Waals surface area contributed by atoms with E-state index >= 15 is 0 Å². The average molecular weight is 312 g/mol. The second-order valence-corrected chi connectivity index (χ2v) is 3.60. The summed E-state index contributed by atoms with van der Waals surface area (Å²) in [5, 5.41) is 0. The highest BCUT2D eigenvalue weighted by atomic mass is 127. The van der Waals surface area contributed by atoms with Crippen LogP contribution in [0.25, 0.3) is 0 Å². The highest BCUT2D eigenvalue weighted by Gasteiger charge is 2.20. The number of carbonyl (C=O) groups is 1. The minimum atomic E-state index is -0.971. The van der Waals surface area contributed by atoms with Crippen LogP contribution >= 0.6 is 22.6 Å². The molecule has 0 aliphatic carbocycles. The van der Waals surface area contributed by atoms with Crippen LogP contribution < -0.4 is 0 Å². The van der Waals surface area contributed by atoms with Crippen LogP contribution in [0, 0.1) is 15.2 Å². The maximum atomic E-state index is 13.3. The van der Waals surface area contributed by atoms with Crippen LogP contribution in [-0.4, -0.2) is 12.6 Å². The van der Waals surface area contributed by atoms with E-state index in [0.29, 0.717) is 0 Å². The lowest BCUT2D eigenvalue weighted by atomic mass is 10.2. The Morgan fingerprint density at radius 3 is 2.71 bits per heavy atom. The monoisotopic (exact) mass is 312 g/mol. The minimum absolute atomic E-state index is 0.0865. The standard InChI is InChI=1S/C9H7F2IO2/c1-2-14-9(13)7-5(10)3-4-6(12)8(7)11/h3-4H,2H2,1H3. The molecule has 0 bridgehead atoms. The van der Waals surface area contributed by atoms with Gasteiger partial charge in [-0.3, -0.25) is 0 Å². The van der Waals surface area contributed by atoms with Gasteiger partial charge >= 0.3 is 5.97 Å². The van der Waals surface area contributed by atoms with Crippen LogP contribution in [0.2, 0.25) is 0 Å². The zero-order chi connectivity index (χ0) is 10.7. The molecule has 1 aromatic carbocycles. The summed E-state index contributed by atoms with van der Waals surface area (Å²) in [6.07, 6.45) is 0. The predicted octanol–water partition coefficient (Wildman–Crippen LogP) is 2.75. The third kappa shape index (κ3) is 2.20. The van der Waals surface area contributed by atoms with Gasteiger partial charge in [-0.05, 0) is 41.6 Å². The van der Waals surface area contributed by atoms with E-state index in [1.165, 1.54) is 6.07 Å². The van der Waals surface area contributed by atoms with E-state index in [-0.39, 0.29) is 10.2 Å². The van der Waals surface area contributed by atoms with Crippen LogP contribution in [0.1, 0.15) is 17.3 Å². The summed E-state index contributed by atoms with van der Waals surface area (Å²) in [7, 11) is 0. The Balaban J connectivity index is 3.18. The molecular formula is C9H7F2IO2. The van der Waals surface area contributed by atoms with Gasteiger partial charge in [0.05, 0.1) is 6.61 Å². The Labute approximate surface area is 93.4 Å². The summed E-state index contributed by atoms with van der Waals surface area (Å²) in [5.74, 6) is -2.74. The van der Waals surface area contributed by atoms with Crippen molar-refractivity contribution in [3.8, 4) is 0 Å². The molecule has 0 amide bonds. The van der Waals surface area contributed by atoms with Crippen molar-refractivity contribution in [1.82, 2.24) is 0 Å². The normalized spacial score (nSPS) is 10.0. The van der Waals surface area contributed by atoms with Crippen LogP contribution in [0.4, 0.5) is 8.78 Å². The fraction of sp³-hybridized carbons (Fsp3) is 0.222. The summed E-state index contributed by atoms with van der Waals surface area (Å²) in [6, 6.07) is 2.30. The van der Waals surface area contributed by atoms with Gasteiger partial charge in [0.15, 0.2) is 5.82 Å². The van der Waals surface area contributed by atoms with E-state index in [0.717, 1.165) is 6.07 Å². The molecule has 0 aliphatic rings. The van der Waals surface area contributed by atoms with Crippen molar-refractivity contribution in [2.75, 3.05) is 6.61 Å². The summed E-state index contributed by atoms with van der Waals surface area (Å²) in [6.45, 7) is 1.66. The van der Waals surface area contributed by atoms with Crippen molar-refractivity contribution >= 4 is 28.6 Å². The van der Waals surface area contributed by atoms with Gasteiger partial charge < -0.3 is 4.74 Å².